The molecule has 4 rings (SSSR count). The van der Waals surface area contributed by atoms with Gasteiger partial charge in [-0.15, -0.1) is 11.3 Å². The number of rotatable bonds is 5. The third-order valence-electron chi connectivity index (χ3n) is 4.71. The van der Waals surface area contributed by atoms with E-state index in [2.05, 4.69) is 38.9 Å². The van der Waals surface area contributed by atoms with Gasteiger partial charge < -0.3 is 4.90 Å². The maximum Gasteiger partial charge on any atom is 0.271 e. The molecule has 1 aliphatic heterocycles. The van der Waals surface area contributed by atoms with Gasteiger partial charge in [0.15, 0.2) is 0 Å². The molecule has 7 heteroatoms. The summed E-state index contributed by atoms with van der Waals surface area (Å²) in [6.07, 6.45) is 3.40. The first-order valence-corrected chi connectivity index (χ1v) is 11.2. The summed E-state index contributed by atoms with van der Waals surface area (Å²) in [4.78, 5) is 7.74. The summed E-state index contributed by atoms with van der Waals surface area (Å²) in [6, 6.07) is 15.6. The fourth-order valence-corrected chi connectivity index (χ4v) is 5.56. The van der Waals surface area contributed by atoms with Crippen LogP contribution in [-0.4, -0.2) is 19.9 Å². The minimum absolute atomic E-state index is 0.330. The fourth-order valence-electron chi connectivity index (χ4n) is 3.22. The highest BCUT2D eigenvalue weighted by atomic mass is 32.2. The van der Waals surface area contributed by atoms with Crippen molar-refractivity contribution >= 4 is 32.9 Å². The van der Waals surface area contributed by atoms with E-state index in [0.717, 1.165) is 36.6 Å². The molecule has 0 radical (unpaired) electrons. The molecule has 3 aromatic rings. The highest BCUT2D eigenvalue weighted by Gasteiger charge is 2.19. The zero-order valence-electron chi connectivity index (χ0n) is 15.1. The Hall–Kier alpha value is -2.38. The van der Waals surface area contributed by atoms with E-state index in [1.54, 1.807) is 18.3 Å². The third-order valence-corrected chi connectivity index (χ3v) is 7.81. The molecular formula is C20H21N3O2S2. The molecule has 27 heavy (non-hydrogen) atoms. The summed E-state index contributed by atoms with van der Waals surface area (Å²) >= 11 is 1.30. The van der Waals surface area contributed by atoms with Gasteiger partial charge in [-0.25, -0.2) is 13.4 Å². The number of nitrogens with zero attached hydrogens (tertiary/aromatic N) is 2. The van der Waals surface area contributed by atoms with E-state index >= 15 is 0 Å². The number of thiophene rings is 1. The molecule has 1 N–H and O–H groups in total. The zero-order valence-corrected chi connectivity index (χ0v) is 16.7. The summed E-state index contributed by atoms with van der Waals surface area (Å²) < 4.78 is 28.0. The largest absolute Gasteiger partial charge is 0.352 e. The summed E-state index contributed by atoms with van der Waals surface area (Å²) in [5.74, 6) is 0.858. The van der Waals surface area contributed by atoms with Crippen LogP contribution in [-0.2, 0) is 29.4 Å². The second kappa shape index (κ2) is 7.32. The van der Waals surface area contributed by atoms with Crippen molar-refractivity contribution in [2.45, 2.75) is 30.5 Å². The van der Waals surface area contributed by atoms with Crippen LogP contribution < -0.4 is 9.62 Å². The number of hydrogen-bond donors (Lipinski definition) is 1. The standard InChI is InChI=1S/C20H21N3O2S2/c1-2-18-8-10-20(26-18)27(24,25)22-17-7-9-19(21-13-17)23-12-11-15-5-3-4-6-16(15)14-23/h3-10,13,22H,2,11-12,14H2,1H3. The monoisotopic (exact) mass is 399 g/mol. The molecule has 5 nitrogen and oxygen atoms in total. The molecule has 0 unspecified atom stereocenters. The lowest BCUT2D eigenvalue weighted by Crippen LogP contribution is -2.30. The highest BCUT2D eigenvalue weighted by molar-refractivity contribution is 7.94. The second-order valence-corrected chi connectivity index (χ2v) is 9.60. The van der Waals surface area contributed by atoms with Gasteiger partial charge in [0.25, 0.3) is 10.0 Å². The molecule has 0 saturated heterocycles. The lowest BCUT2D eigenvalue weighted by molar-refractivity contribution is 0.603. The maximum atomic E-state index is 12.5. The molecule has 0 fully saturated rings. The predicted molar refractivity (Wildman–Crippen MR) is 110 cm³/mol. The molecule has 1 aliphatic rings. The van der Waals surface area contributed by atoms with Gasteiger partial charge in [0, 0.05) is 18.0 Å². The van der Waals surface area contributed by atoms with Gasteiger partial charge >= 0.3 is 0 Å². The Kier molecular flexibility index (Phi) is 4.88. The normalized spacial score (nSPS) is 14.0. The van der Waals surface area contributed by atoms with Crippen LogP contribution in [0.3, 0.4) is 0 Å². The Bertz CT molecular complexity index is 1040. The lowest BCUT2D eigenvalue weighted by atomic mass is 10.00. The molecule has 3 heterocycles. The van der Waals surface area contributed by atoms with Crippen LogP contribution in [0.5, 0.6) is 0 Å². The van der Waals surface area contributed by atoms with Crippen molar-refractivity contribution in [2.75, 3.05) is 16.2 Å². The van der Waals surface area contributed by atoms with Crippen LogP contribution in [0, 0.1) is 0 Å². The number of pyridine rings is 1. The zero-order chi connectivity index (χ0) is 18.9. The Morgan fingerprint density at radius 1 is 1.11 bits per heavy atom. The maximum absolute atomic E-state index is 12.5. The van der Waals surface area contributed by atoms with Crippen LogP contribution in [0.25, 0.3) is 0 Å². The van der Waals surface area contributed by atoms with E-state index in [1.807, 2.05) is 19.1 Å². The average molecular weight is 400 g/mol. The Morgan fingerprint density at radius 2 is 1.93 bits per heavy atom. The van der Waals surface area contributed by atoms with Crippen molar-refractivity contribution < 1.29 is 8.42 Å². The average Bonchev–Trinajstić information content (AvgIpc) is 3.18. The number of fused-ring (bicyclic) bond motifs is 1. The summed E-state index contributed by atoms with van der Waals surface area (Å²) in [6.45, 7) is 3.74. The quantitative estimate of drug-likeness (QED) is 0.703. The first-order valence-electron chi connectivity index (χ1n) is 8.94. The van der Waals surface area contributed by atoms with Crippen molar-refractivity contribution in [2.24, 2.45) is 0 Å². The van der Waals surface area contributed by atoms with E-state index in [-0.39, 0.29) is 0 Å². The van der Waals surface area contributed by atoms with Crippen LogP contribution in [0.2, 0.25) is 0 Å². The van der Waals surface area contributed by atoms with Gasteiger partial charge in [0.05, 0.1) is 11.9 Å². The van der Waals surface area contributed by atoms with Crippen molar-refractivity contribution in [3.05, 3.63) is 70.7 Å². The molecule has 0 amide bonds. The van der Waals surface area contributed by atoms with E-state index < -0.39 is 10.0 Å². The van der Waals surface area contributed by atoms with Gasteiger partial charge in [0.2, 0.25) is 0 Å². The number of nitrogens with one attached hydrogen (secondary N) is 1. The Morgan fingerprint density at radius 3 is 2.63 bits per heavy atom. The number of aromatic nitrogens is 1. The highest BCUT2D eigenvalue weighted by Crippen LogP contribution is 2.26. The summed E-state index contributed by atoms with van der Waals surface area (Å²) in [7, 11) is -3.57. The van der Waals surface area contributed by atoms with E-state index in [1.165, 1.54) is 22.5 Å². The lowest BCUT2D eigenvalue weighted by Gasteiger charge is -2.29. The van der Waals surface area contributed by atoms with Crippen LogP contribution in [0.4, 0.5) is 11.5 Å². The minimum Gasteiger partial charge on any atom is -0.352 e. The molecule has 140 valence electrons. The van der Waals surface area contributed by atoms with Crippen LogP contribution in [0.15, 0.2) is 58.9 Å². The number of benzene rings is 1. The molecule has 0 saturated carbocycles. The molecule has 2 aromatic heterocycles. The molecule has 0 bridgehead atoms. The van der Waals surface area contributed by atoms with Crippen molar-refractivity contribution in [1.29, 1.82) is 0 Å². The molecule has 0 atom stereocenters. The van der Waals surface area contributed by atoms with Crippen molar-refractivity contribution in [1.82, 2.24) is 4.98 Å². The van der Waals surface area contributed by atoms with Gasteiger partial charge in [-0.05, 0) is 48.2 Å². The van der Waals surface area contributed by atoms with Crippen molar-refractivity contribution in [3.8, 4) is 0 Å². The molecule has 0 aliphatic carbocycles. The number of aryl methyl sites for hydroxylation is 1. The predicted octanol–water partition coefficient (Wildman–Crippen LogP) is 4.07. The van der Waals surface area contributed by atoms with Crippen LogP contribution in [0.1, 0.15) is 22.9 Å². The molecule has 1 aromatic carbocycles. The Labute approximate surface area is 163 Å². The summed E-state index contributed by atoms with van der Waals surface area (Å²) in [5, 5.41) is 0. The molecular weight excluding hydrogens is 378 g/mol. The Balaban J connectivity index is 1.48. The third kappa shape index (κ3) is 3.84. The van der Waals surface area contributed by atoms with Gasteiger partial charge in [-0.2, -0.15) is 0 Å². The topological polar surface area (TPSA) is 62.3 Å². The van der Waals surface area contributed by atoms with Crippen molar-refractivity contribution in [3.63, 3.8) is 0 Å². The van der Waals surface area contributed by atoms with E-state index in [9.17, 15) is 8.42 Å². The minimum atomic E-state index is -3.57. The van der Waals surface area contributed by atoms with Gasteiger partial charge in [0.1, 0.15) is 10.0 Å². The second-order valence-electron chi connectivity index (χ2n) is 6.53. The summed E-state index contributed by atoms with van der Waals surface area (Å²) in [5.41, 5.74) is 3.18. The van der Waals surface area contributed by atoms with Gasteiger partial charge in [-0.3, -0.25) is 4.72 Å². The fraction of sp³-hybridized carbons (Fsp3) is 0.250. The smallest absolute Gasteiger partial charge is 0.271 e. The number of anilines is 2. The number of hydrogen-bond acceptors (Lipinski definition) is 5. The number of sulfonamides is 1. The van der Waals surface area contributed by atoms with Gasteiger partial charge in [-0.1, -0.05) is 31.2 Å². The van der Waals surface area contributed by atoms with E-state index in [0.29, 0.717) is 9.90 Å². The SMILES string of the molecule is CCc1ccc(S(=O)(=O)Nc2ccc(N3CCc4ccccc4C3)nc2)s1. The first kappa shape index (κ1) is 18.0. The molecule has 0 spiro atoms. The van der Waals surface area contributed by atoms with E-state index in [4.69, 9.17) is 0 Å². The first-order chi connectivity index (χ1) is 13.0. The van der Waals surface area contributed by atoms with Crippen LogP contribution >= 0.6 is 11.3 Å².